The standard InChI is InChI=1S/C27H31NO6/c1-15(2)34-23-9-6-16(12-25(23)33-5)18-10-20-27(21(29)11-18)19(14-26(30)28-20)17-7-8-22(31-3)24(13-17)32-4/h6-9,12-13,15,18-19H,10-11,14H2,1-5H3,(H,28,30). The van der Waals surface area contributed by atoms with E-state index in [9.17, 15) is 9.59 Å². The van der Waals surface area contributed by atoms with E-state index in [1.807, 2.05) is 50.2 Å². The van der Waals surface area contributed by atoms with Crippen LogP contribution in [0.2, 0.25) is 0 Å². The van der Waals surface area contributed by atoms with Gasteiger partial charge in [0.05, 0.1) is 27.4 Å². The third-order valence-corrected chi connectivity index (χ3v) is 6.37. The Bertz CT molecular complexity index is 1140. The van der Waals surface area contributed by atoms with Crippen molar-refractivity contribution in [2.75, 3.05) is 21.3 Å². The number of methoxy groups -OCH3 is 3. The molecule has 2 aliphatic rings. The predicted molar refractivity (Wildman–Crippen MR) is 128 cm³/mol. The van der Waals surface area contributed by atoms with Crippen LogP contribution in [0.15, 0.2) is 47.7 Å². The summed E-state index contributed by atoms with van der Waals surface area (Å²) in [5.74, 6) is 2.07. The second-order valence-corrected chi connectivity index (χ2v) is 8.92. The second-order valence-electron chi connectivity index (χ2n) is 8.92. The van der Waals surface area contributed by atoms with Gasteiger partial charge < -0.3 is 24.3 Å². The van der Waals surface area contributed by atoms with Gasteiger partial charge in [-0.1, -0.05) is 12.1 Å². The Kier molecular flexibility index (Phi) is 6.82. The van der Waals surface area contributed by atoms with E-state index < -0.39 is 0 Å². The van der Waals surface area contributed by atoms with Gasteiger partial charge >= 0.3 is 0 Å². The maximum absolute atomic E-state index is 13.4. The fourth-order valence-electron chi connectivity index (χ4n) is 4.84. The summed E-state index contributed by atoms with van der Waals surface area (Å²) in [7, 11) is 4.75. The van der Waals surface area contributed by atoms with Crippen molar-refractivity contribution in [3.63, 3.8) is 0 Å². The number of nitrogens with one attached hydrogen (secondary N) is 1. The van der Waals surface area contributed by atoms with Gasteiger partial charge in [0.15, 0.2) is 28.8 Å². The van der Waals surface area contributed by atoms with Crippen molar-refractivity contribution in [3.8, 4) is 23.0 Å². The van der Waals surface area contributed by atoms with Crippen LogP contribution in [0.4, 0.5) is 0 Å². The molecule has 34 heavy (non-hydrogen) atoms. The lowest BCUT2D eigenvalue weighted by Crippen LogP contribution is -2.38. The van der Waals surface area contributed by atoms with Gasteiger partial charge in [0, 0.05) is 30.0 Å². The molecule has 0 saturated carbocycles. The summed E-state index contributed by atoms with van der Waals surface area (Å²) in [5.41, 5.74) is 3.24. The topological polar surface area (TPSA) is 83.1 Å². The van der Waals surface area contributed by atoms with E-state index in [2.05, 4.69) is 5.32 Å². The normalized spacial score (nSPS) is 20.1. The number of carbonyl (C=O) groups excluding carboxylic acids is 2. The van der Waals surface area contributed by atoms with Crippen molar-refractivity contribution in [2.24, 2.45) is 0 Å². The monoisotopic (exact) mass is 465 g/mol. The van der Waals surface area contributed by atoms with Crippen molar-refractivity contribution in [1.29, 1.82) is 0 Å². The highest BCUT2D eigenvalue weighted by molar-refractivity contribution is 6.02. The zero-order valence-electron chi connectivity index (χ0n) is 20.3. The van der Waals surface area contributed by atoms with Crippen LogP contribution in [-0.2, 0) is 9.59 Å². The molecule has 1 aliphatic heterocycles. The van der Waals surface area contributed by atoms with Crippen molar-refractivity contribution >= 4 is 11.7 Å². The maximum atomic E-state index is 13.4. The van der Waals surface area contributed by atoms with Crippen molar-refractivity contribution in [2.45, 2.75) is 51.0 Å². The van der Waals surface area contributed by atoms with E-state index in [1.54, 1.807) is 21.3 Å². The van der Waals surface area contributed by atoms with Crippen LogP contribution in [0, 0.1) is 0 Å². The number of rotatable bonds is 7. The molecule has 0 spiro atoms. The molecule has 1 aliphatic carbocycles. The average molecular weight is 466 g/mol. The minimum atomic E-state index is -0.312. The summed E-state index contributed by atoms with van der Waals surface area (Å²) in [6, 6.07) is 11.3. The molecule has 2 unspecified atom stereocenters. The van der Waals surface area contributed by atoms with Crippen LogP contribution in [0.25, 0.3) is 0 Å². The number of hydrogen-bond acceptors (Lipinski definition) is 6. The molecular formula is C27H31NO6. The molecule has 0 fully saturated rings. The van der Waals surface area contributed by atoms with Crippen LogP contribution in [0.3, 0.4) is 0 Å². The van der Waals surface area contributed by atoms with Crippen molar-refractivity contribution in [3.05, 3.63) is 58.8 Å². The molecule has 0 saturated heterocycles. The van der Waals surface area contributed by atoms with Gasteiger partial charge in [0.2, 0.25) is 5.91 Å². The SMILES string of the molecule is COc1ccc(C2CC(=O)NC3=C2C(=O)CC(c2ccc(OC(C)C)c(OC)c2)C3)cc1OC. The molecule has 1 N–H and O–H groups in total. The summed E-state index contributed by atoms with van der Waals surface area (Å²) in [4.78, 5) is 26.1. The summed E-state index contributed by atoms with van der Waals surface area (Å²) in [6.45, 7) is 3.92. The molecular weight excluding hydrogens is 434 g/mol. The smallest absolute Gasteiger partial charge is 0.225 e. The van der Waals surface area contributed by atoms with E-state index in [1.165, 1.54) is 0 Å². The van der Waals surface area contributed by atoms with Gasteiger partial charge in [0.1, 0.15) is 0 Å². The first-order chi connectivity index (χ1) is 16.3. The number of ketones is 1. The van der Waals surface area contributed by atoms with Gasteiger partial charge in [0.25, 0.3) is 0 Å². The number of ether oxygens (including phenoxy) is 4. The van der Waals surface area contributed by atoms with Gasteiger partial charge in [-0.3, -0.25) is 9.59 Å². The highest BCUT2D eigenvalue weighted by Crippen LogP contribution is 2.45. The maximum Gasteiger partial charge on any atom is 0.225 e. The fourth-order valence-corrected chi connectivity index (χ4v) is 4.84. The first-order valence-electron chi connectivity index (χ1n) is 11.5. The number of carbonyl (C=O) groups is 2. The molecule has 1 heterocycles. The lowest BCUT2D eigenvalue weighted by molar-refractivity contribution is -0.122. The zero-order valence-corrected chi connectivity index (χ0v) is 20.3. The van der Waals surface area contributed by atoms with Crippen LogP contribution in [-0.4, -0.2) is 39.1 Å². The summed E-state index contributed by atoms with van der Waals surface area (Å²) in [6.07, 6.45) is 1.19. The Hall–Kier alpha value is -3.48. The molecule has 0 radical (unpaired) electrons. The largest absolute Gasteiger partial charge is 0.493 e. The third kappa shape index (κ3) is 4.60. The van der Waals surface area contributed by atoms with Gasteiger partial charge in [-0.05, 0) is 61.6 Å². The summed E-state index contributed by atoms with van der Waals surface area (Å²) >= 11 is 0. The highest BCUT2D eigenvalue weighted by atomic mass is 16.5. The number of hydrogen-bond donors (Lipinski definition) is 1. The summed E-state index contributed by atoms with van der Waals surface area (Å²) in [5, 5.41) is 2.97. The second kappa shape index (κ2) is 9.79. The van der Waals surface area contributed by atoms with E-state index in [4.69, 9.17) is 18.9 Å². The Morgan fingerprint density at radius 3 is 2.09 bits per heavy atom. The minimum absolute atomic E-state index is 0.0229. The van der Waals surface area contributed by atoms with Crippen LogP contribution in [0.5, 0.6) is 23.0 Å². The lowest BCUT2D eigenvalue weighted by atomic mass is 9.73. The van der Waals surface area contributed by atoms with Crippen LogP contribution >= 0.6 is 0 Å². The van der Waals surface area contributed by atoms with Gasteiger partial charge in [-0.2, -0.15) is 0 Å². The van der Waals surface area contributed by atoms with E-state index in [-0.39, 0.29) is 36.1 Å². The van der Waals surface area contributed by atoms with Gasteiger partial charge in [-0.25, -0.2) is 0 Å². The van der Waals surface area contributed by atoms with Crippen LogP contribution < -0.4 is 24.3 Å². The lowest BCUT2D eigenvalue weighted by Gasteiger charge is -2.34. The first kappa shape index (κ1) is 23.7. The molecule has 1 amide bonds. The molecule has 4 rings (SSSR count). The van der Waals surface area contributed by atoms with E-state index in [0.29, 0.717) is 47.1 Å². The molecule has 0 bridgehead atoms. The first-order valence-corrected chi connectivity index (χ1v) is 11.5. The van der Waals surface area contributed by atoms with E-state index in [0.717, 1.165) is 11.1 Å². The molecule has 2 aromatic carbocycles. The Balaban J connectivity index is 1.67. The molecule has 7 heteroatoms. The third-order valence-electron chi connectivity index (χ3n) is 6.37. The fraction of sp³-hybridized carbons (Fsp3) is 0.407. The Labute approximate surface area is 200 Å². The average Bonchev–Trinajstić information content (AvgIpc) is 2.82. The van der Waals surface area contributed by atoms with E-state index >= 15 is 0 Å². The van der Waals surface area contributed by atoms with Crippen molar-refractivity contribution in [1.82, 2.24) is 5.32 Å². The highest BCUT2D eigenvalue weighted by Gasteiger charge is 2.38. The molecule has 180 valence electrons. The Morgan fingerprint density at radius 2 is 1.41 bits per heavy atom. The Morgan fingerprint density at radius 1 is 0.794 bits per heavy atom. The summed E-state index contributed by atoms with van der Waals surface area (Å²) < 4.78 is 22.1. The number of allylic oxidation sites excluding steroid dienone is 2. The molecule has 2 atom stereocenters. The van der Waals surface area contributed by atoms with Crippen LogP contribution in [0.1, 0.15) is 56.1 Å². The number of amides is 1. The van der Waals surface area contributed by atoms with Crippen molar-refractivity contribution < 1.29 is 28.5 Å². The zero-order chi connectivity index (χ0) is 24.4. The minimum Gasteiger partial charge on any atom is -0.493 e. The molecule has 0 aromatic heterocycles. The predicted octanol–water partition coefficient (Wildman–Crippen LogP) is 4.50. The molecule has 7 nitrogen and oxygen atoms in total. The molecule has 2 aromatic rings. The quantitative estimate of drug-likeness (QED) is 0.648. The van der Waals surface area contributed by atoms with Gasteiger partial charge in [-0.15, -0.1) is 0 Å². The number of Topliss-reactive ketones (excluding diaryl/α,β-unsaturated/α-hetero) is 1. The number of benzene rings is 2.